The van der Waals surface area contributed by atoms with Gasteiger partial charge in [-0.2, -0.15) is 0 Å². The van der Waals surface area contributed by atoms with Gasteiger partial charge in [0.2, 0.25) is 0 Å². The van der Waals surface area contributed by atoms with E-state index in [1.807, 2.05) is 23.6 Å². The van der Waals surface area contributed by atoms with Crippen molar-refractivity contribution in [2.24, 2.45) is 0 Å². The molecule has 0 radical (unpaired) electrons. The fraction of sp³-hybridized carbons (Fsp3) is 0.200. The van der Waals surface area contributed by atoms with Crippen molar-refractivity contribution in [3.05, 3.63) is 45.0 Å². The van der Waals surface area contributed by atoms with Gasteiger partial charge in [0.25, 0.3) is 0 Å². The lowest BCUT2D eigenvalue weighted by molar-refractivity contribution is 0.0700. The van der Waals surface area contributed by atoms with E-state index in [-0.39, 0.29) is 0 Å². The van der Waals surface area contributed by atoms with Gasteiger partial charge in [-0.15, -0.1) is 0 Å². The van der Waals surface area contributed by atoms with Crippen LogP contribution >= 0.6 is 34.5 Å². The molecule has 3 aromatic rings. The molecule has 0 aliphatic heterocycles. The lowest BCUT2D eigenvalue weighted by Gasteiger charge is -2.01. The minimum absolute atomic E-state index is 0.345. The van der Waals surface area contributed by atoms with Crippen molar-refractivity contribution in [1.82, 2.24) is 9.38 Å². The van der Waals surface area contributed by atoms with E-state index >= 15 is 0 Å². The summed E-state index contributed by atoms with van der Waals surface area (Å²) < 4.78 is 1.85. The van der Waals surface area contributed by atoms with Crippen molar-refractivity contribution in [2.45, 2.75) is 19.8 Å². The Morgan fingerprint density at radius 1 is 1.41 bits per heavy atom. The molecule has 0 unspecified atom stereocenters. The second-order valence-electron chi connectivity index (χ2n) is 4.84. The summed E-state index contributed by atoms with van der Waals surface area (Å²) in [6.07, 6.45) is 3.38. The number of fused-ring (bicyclic) bond motifs is 1. The summed E-state index contributed by atoms with van der Waals surface area (Å²) in [6, 6.07) is 5.24. The number of carbonyl (C=O) groups is 1. The molecule has 2 heterocycles. The number of imidazole rings is 1. The fourth-order valence-electron chi connectivity index (χ4n) is 2.35. The van der Waals surface area contributed by atoms with E-state index in [9.17, 15) is 9.90 Å². The highest BCUT2D eigenvalue weighted by molar-refractivity contribution is 7.19. The number of hydrogen-bond acceptors (Lipinski definition) is 3. The largest absolute Gasteiger partial charge is 0.477 e. The summed E-state index contributed by atoms with van der Waals surface area (Å²) in [7, 11) is 0. The van der Waals surface area contributed by atoms with Crippen molar-refractivity contribution in [3.63, 3.8) is 0 Å². The Hall–Kier alpha value is -1.56. The molecule has 0 fully saturated rings. The highest BCUT2D eigenvalue weighted by atomic mass is 35.5. The predicted molar refractivity (Wildman–Crippen MR) is 89.5 cm³/mol. The fourth-order valence-corrected chi connectivity index (χ4v) is 3.85. The molecule has 0 aliphatic rings. The van der Waals surface area contributed by atoms with Crippen molar-refractivity contribution >= 4 is 45.5 Å². The number of aryl methyl sites for hydroxylation is 1. The zero-order valence-electron chi connectivity index (χ0n) is 11.6. The number of carboxylic acids is 1. The van der Waals surface area contributed by atoms with Gasteiger partial charge in [0.05, 0.1) is 10.7 Å². The number of aromatic carboxylic acids is 1. The van der Waals surface area contributed by atoms with Gasteiger partial charge in [0, 0.05) is 22.5 Å². The van der Waals surface area contributed by atoms with Crippen LogP contribution in [-0.2, 0) is 6.42 Å². The maximum Gasteiger partial charge on any atom is 0.347 e. The van der Waals surface area contributed by atoms with E-state index in [2.05, 4.69) is 4.98 Å². The van der Waals surface area contributed by atoms with Crippen LogP contribution in [0, 0.1) is 0 Å². The van der Waals surface area contributed by atoms with Crippen LogP contribution in [0.15, 0.2) is 24.4 Å². The molecule has 22 heavy (non-hydrogen) atoms. The van der Waals surface area contributed by atoms with Crippen LogP contribution in [-0.4, -0.2) is 20.5 Å². The molecule has 0 bridgehead atoms. The molecule has 0 atom stereocenters. The number of rotatable bonds is 4. The molecule has 1 aromatic carbocycles. The summed E-state index contributed by atoms with van der Waals surface area (Å²) in [5.74, 6) is -0.912. The summed E-state index contributed by atoms with van der Waals surface area (Å²) in [4.78, 5) is 16.9. The predicted octanol–water partition coefficient (Wildman–Crippen LogP) is 5.02. The Bertz CT molecular complexity index is 870. The van der Waals surface area contributed by atoms with Gasteiger partial charge < -0.3 is 5.11 Å². The Labute approximate surface area is 140 Å². The van der Waals surface area contributed by atoms with E-state index in [1.54, 1.807) is 12.1 Å². The normalized spacial score (nSPS) is 11.2. The first-order chi connectivity index (χ1) is 10.5. The summed E-state index contributed by atoms with van der Waals surface area (Å²) >= 11 is 13.3. The molecule has 4 nitrogen and oxygen atoms in total. The molecule has 0 saturated heterocycles. The van der Waals surface area contributed by atoms with Crippen molar-refractivity contribution in [2.75, 3.05) is 0 Å². The summed E-state index contributed by atoms with van der Waals surface area (Å²) in [5, 5.41) is 10.4. The number of thiazole rings is 1. The van der Waals surface area contributed by atoms with Crippen LogP contribution in [0.2, 0.25) is 10.0 Å². The third-order valence-corrected chi connectivity index (χ3v) is 4.94. The van der Waals surface area contributed by atoms with Gasteiger partial charge in [0.1, 0.15) is 4.88 Å². The lowest BCUT2D eigenvalue weighted by atomic mass is 10.2. The van der Waals surface area contributed by atoms with Gasteiger partial charge in [0.15, 0.2) is 4.96 Å². The van der Waals surface area contributed by atoms with Crippen LogP contribution < -0.4 is 0 Å². The topological polar surface area (TPSA) is 54.6 Å². The molecule has 3 rings (SSSR count). The Balaban J connectivity index is 2.16. The minimum atomic E-state index is -0.912. The van der Waals surface area contributed by atoms with Crippen LogP contribution in [0.25, 0.3) is 16.2 Å². The molecule has 2 aromatic heterocycles. The minimum Gasteiger partial charge on any atom is -0.477 e. The summed E-state index contributed by atoms with van der Waals surface area (Å²) in [5.41, 5.74) is 2.27. The van der Waals surface area contributed by atoms with Gasteiger partial charge in [-0.1, -0.05) is 47.9 Å². The van der Waals surface area contributed by atoms with Crippen molar-refractivity contribution in [1.29, 1.82) is 0 Å². The first-order valence-corrected chi connectivity index (χ1v) is 8.28. The standard InChI is InChI=1S/C15H12Cl2N2O2S/c1-2-3-12-13(14(20)21)22-15-18-11(7-19(12)15)9-5-4-8(16)6-10(9)17/h4-7H,2-3H2,1H3,(H,20,21). The Morgan fingerprint density at radius 2 is 2.18 bits per heavy atom. The molecular weight excluding hydrogens is 343 g/mol. The number of hydrogen-bond donors (Lipinski definition) is 1. The van der Waals surface area contributed by atoms with Crippen molar-refractivity contribution in [3.8, 4) is 11.3 Å². The second-order valence-corrected chi connectivity index (χ2v) is 6.66. The van der Waals surface area contributed by atoms with E-state index < -0.39 is 5.97 Å². The average molecular weight is 355 g/mol. The lowest BCUT2D eigenvalue weighted by Crippen LogP contribution is -2.00. The average Bonchev–Trinajstić information content (AvgIpc) is 2.98. The van der Waals surface area contributed by atoms with Crippen LogP contribution in [0.5, 0.6) is 0 Å². The zero-order valence-corrected chi connectivity index (χ0v) is 14.0. The smallest absolute Gasteiger partial charge is 0.347 e. The van der Waals surface area contributed by atoms with Crippen LogP contribution in [0.4, 0.5) is 0 Å². The first-order valence-electron chi connectivity index (χ1n) is 6.70. The first kappa shape index (κ1) is 15.3. The van der Waals surface area contributed by atoms with Crippen molar-refractivity contribution < 1.29 is 9.90 Å². The SMILES string of the molecule is CCCc1c(C(=O)O)sc2nc(-c3ccc(Cl)cc3Cl)cn12. The number of benzene rings is 1. The molecule has 0 aliphatic carbocycles. The third-order valence-electron chi connectivity index (χ3n) is 3.31. The molecular formula is C15H12Cl2N2O2S. The van der Waals surface area contributed by atoms with E-state index in [0.29, 0.717) is 32.0 Å². The number of aromatic nitrogens is 2. The number of carboxylic acid groups (broad SMARTS) is 1. The molecule has 1 N–H and O–H groups in total. The molecule has 7 heteroatoms. The molecule has 0 saturated carbocycles. The quantitative estimate of drug-likeness (QED) is 0.715. The highest BCUT2D eigenvalue weighted by Crippen LogP contribution is 2.33. The molecule has 0 spiro atoms. The highest BCUT2D eigenvalue weighted by Gasteiger charge is 2.20. The van der Waals surface area contributed by atoms with Gasteiger partial charge in [-0.05, 0) is 24.6 Å². The monoisotopic (exact) mass is 354 g/mol. The third kappa shape index (κ3) is 2.60. The Kier molecular flexibility index (Phi) is 4.12. The zero-order chi connectivity index (χ0) is 15.9. The van der Waals surface area contributed by atoms with Crippen LogP contribution in [0.1, 0.15) is 28.7 Å². The number of halogens is 2. The second kappa shape index (κ2) is 5.91. The van der Waals surface area contributed by atoms with E-state index in [4.69, 9.17) is 23.2 Å². The maximum atomic E-state index is 11.3. The van der Waals surface area contributed by atoms with Gasteiger partial charge >= 0.3 is 5.97 Å². The maximum absolute atomic E-state index is 11.3. The summed E-state index contributed by atoms with van der Waals surface area (Å²) in [6.45, 7) is 2.02. The Morgan fingerprint density at radius 3 is 2.82 bits per heavy atom. The molecule has 0 amide bonds. The number of nitrogens with zero attached hydrogens (tertiary/aromatic N) is 2. The van der Waals surface area contributed by atoms with Gasteiger partial charge in [-0.25, -0.2) is 9.78 Å². The van der Waals surface area contributed by atoms with E-state index in [1.165, 1.54) is 11.3 Å². The van der Waals surface area contributed by atoms with Crippen LogP contribution in [0.3, 0.4) is 0 Å². The molecule has 114 valence electrons. The van der Waals surface area contributed by atoms with E-state index in [0.717, 1.165) is 17.7 Å². The van der Waals surface area contributed by atoms with Gasteiger partial charge in [-0.3, -0.25) is 4.40 Å².